The average Bonchev–Trinajstić information content (AvgIpc) is 3.50. The molecule has 2 fully saturated rings. The highest BCUT2D eigenvalue weighted by Gasteiger charge is 2.35. The number of nitrogens with zero attached hydrogens (tertiary/aromatic N) is 4. The number of hydrogen-bond acceptors (Lipinski definition) is 6. The van der Waals surface area contributed by atoms with Gasteiger partial charge >= 0.3 is 12.1 Å². The van der Waals surface area contributed by atoms with Crippen LogP contribution >= 0.6 is 43.2 Å². The molecule has 0 radical (unpaired) electrons. The van der Waals surface area contributed by atoms with E-state index < -0.39 is 6.04 Å². The van der Waals surface area contributed by atoms with Crippen LogP contribution in [0, 0.1) is 0 Å². The molecule has 2 aromatic heterocycles. The summed E-state index contributed by atoms with van der Waals surface area (Å²) in [5.74, 6) is 0.339. The third kappa shape index (κ3) is 6.74. The minimum absolute atomic E-state index is 0.0397. The van der Waals surface area contributed by atoms with Crippen LogP contribution in [0.25, 0.3) is 0 Å². The molecule has 0 unspecified atom stereocenters. The molecule has 3 aliphatic rings. The molecule has 0 aliphatic carbocycles. The number of pyridine rings is 1. The van der Waals surface area contributed by atoms with Crippen LogP contribution < -0.4 is 10.6 Å². The number of carbonyl (C=O) groups excluding carboxylic acids is 3. The van der Waals surface area contributed by atoms with E-state index in [0.717, 1.165) is 29.7 Å². The Hall–Kier alpha value is -3.16. The SMILES string of the molecule is O=C(N[C@H](Cc1cc(Br)c(O)c(Br)c1)C(=O)N1CCC(c2ccncc2)CC1)N1CCC(N2Cc3cscc3NC2=O)CC1. The van der Waals surface area contributed by atoms with E-state index in [1.807, 2.05) is 27.3 Å². The van der Waals surface area contributed by atoms with E-state index in [4.69, 9.17) is 0 Å². The number of thiophene rings is 1. The normalized spacial score (nSPS) is 18.5. The number of aromatic nitrogens is 1. The van der Waals surface area contributed by atoms with E-state index >= 15 is 0 Å². The van der Waals surface area contributed by atoms with E-state index in [1.165, 1.54) is 5.56 Å². The number of amides is 5. The van der Waals surface area contributed by atoms with Gasteiger partial charge < -0.3 is 30.4 Å². The number of fused-ring (bicyclic) bond motifs is 1. The van der Waals surface area contributed by atoms with Crippen molar-refractivity contribution in [2.75, 3.05) is 31.5 Å². The molecule has 0 spiro atoms. The molecule has 6 rings (SSSR count). The first kappa shape index (κ1) is 30.8. The quantitative estimate of drug-likeness (QED) is 0.290. The lowest BCUT2D eigenvalue weighted by Gasteiger charge is -2.40. The van der Waals surface area contributed by atoms with Gasteiger partial charge in [0, 0.05) is 62.0 Å². The van der Waals surface area contributed by atoms with Crippen molar-refractivity contribution in [3.05, 3.63) is 73.1 Å². The number of benzene rings is 1. The summed E-state index contributed by atoms with van der Waals surface area (Å²) in [6.07, 6.45) is 6.90. The predicted octanol–water partition coefficient (Wildman–Crippen LogP) is 5.91. The first-order chi connectivity index (χ1) is 21.3. The maximum atomic E-state index is 13.9. The lowest BCUT2D eigenvalue weighted by molar-refractivity contribution is -0.134. The van der Waals surface area contributed by atoms with Crippen molar-refractivity contribution in [1.29, 1.82) is 0 Å². The average molecular weight is 747 g/mol. The second-order valence-corrected chi connectivity index (χ2v) is 14.0. The molecule has 0 saturated carbocycles. The highest BCUT2D eigenvalue weighted by Crippen LogP contribution is 2.34. The van der Waals surface area contributed by atoms with E-state index in [1.54, 1.807) is 40.8 Å². The summed E-state index contributed by atoms with van der Waals surface area (Å²) in [5.41, 5.74) is 4.04. The van der Waals surface area contributed by atoms with E-state index in [0.29, 0.717) is 60.4 Å². The zero-order valence-electron chi connectivity index (χ0n) is 24.0. The second kappa shape index (κ2) is 13.5. The molecule has 3 aromatic rings. The van der Waals surface area contributed by atoms with Gasteiger partial charge in [-0.05, 0) is 104 Å². The fourth-order valence-electron chi connectivity index (χ4n) is 6.37. The zero-order chi connectivity index (χ0) is 30.8. The summed E-state index contributed by atoms with van der Waals surface area (Å²) in [7, 11) is 0. The third-order valence-electron chi connectivity index (χ3n) is 8.87. The summed E-state index contributed by atoms with van der Waals surface area (Å²) >= 11 is 8.35. The van der Waals surface area contributed by atoms with Gasteiger partial charge in [0.25, 0.3) is 0 Å². The highest BCUT2D eigenvalue weighted by atomic mass is 79.9. The van der Waals surface area contributed by atoms with Crippen molar-refractivity contribution in [3.8, 4) is 5.75 Å². The molecule has 0 bridgehead atoms. The lowest BCUT2D eigenvalue weighted by Crippen LogP contribution is -2.57. The first-order valence-electron chi connectivity index (χ1n) is 14.8. The van der Waals surface area contributed by atoms with Crippen LogP contribution in [0.3, 0.4) is 0 Å². The topological polar surface area (TPSA) is 118 Å². The molecule has 1 aromatic carbocycles. The minimum Gasteiger partial charge on any atom is -0.506 e. The summed E-state index contributed by atoms with van der Waals surface area (Å²) < 4.78 is 1.02. The number of phenols is 1. The van der Waals surface area contributed by atoms with Crippen molar-refractivity contribution in [2.24, 2.45) is 0 Å². The fraction of sp³-hybridized carbons (Fsp3) is 0.419. The maximum Gasteiger partial charge on any atom is 0.322 e. The van der Waals surface area contributed by atoms with Gasteiger partial charge in [0.05, 0.1) is 21.2 Å². The number of likely N-dealkylation sites (tertiary alicyclic amines) is 2. The van der Waals surface area contributed by atoms with Crippen molar-refractivity contribution < 1.29 is 19.5 Å². The minimum atomic E-state index is -0.772. The smallest absolute Gasteiger partial charge is 0.322 e. The number of aromatic hydroxyl groups is 1. The maximum absolute atomic E-state index is 13.9. The van der Waals surface area contributed by atoms with Gasteiger partial charge in [0.2, 0.25) is 5.91 Å². The van der Waals surface area contributed by atoms with Gasteiger partial charge in [-0.25, -0.2) is 9.59 Å². The first-order valence-corrected chi connectivity index (χ1v) is 17.3. The number of phenolic OH excluding ortho intramolecular Hbond substituents is 1. The number of urea groups is 2. The predicted molar refractivity (Wildman–Crippen MR) is 176 cm³/mol. The number of piperidine rings is 2. The van der Waals surface area contributed by atoms with E-state index in [2.05, 4.69) is 52.9 Å². The Labute approximate surface area is 277 Å². The summed E-state index contributed by atoms with van der Waals surface area (Å²) in [6, 6.07) is 6.51. The highest BCUT2D eigenvalue weighted by molar-refractivity contribution is 9.11. The molecule has 5 amide bonds. The van der Waals surface area contributed by atoms with Gasteiger partial charge in [-0.1, -0.05) is 0 Å². The van der Waals surface area contributed by atoms with Crippen molar-refractivity contribution in [3.63, 3.8) is 0 Å². The number of anilines is 1. The number of rotatable bonds is 6. The van der Waals surface area contributed by atoms with Crippen molar-refractivity contribution >= 4 is 66.9 Å². The van der Waals surface area contributed by atoms with Gasteiger partial charge in [0.15, 0.2) is 0 Å². The number of carbonyl (C=O) groups is 3. The lowest BCUT2D eigenvalue weighted by atomic mass is 9.89. The number of hydrogen-bond donors (Lipinski definition) is 3. The number of halogens is 2. The second-order valence-electron chi connectivity index (χ2n) is 11.6. The molecule has 13 heteroatoms. The molecule has 10 nitrogen and oxygen atoms in total. The monoisotopic (exact) mass is 744 g/mol. The van der Waals surface area contributed by atoms with E-state index in [9.17, 15) is 19.5 Å². The fourth-order valence-corrected chi connectivity index (χ4v) is 8.44. The largest absolute Gasteiger partial charge is 0.506 e. The van der Waals surface area contributed by atoms with Crippen LogP contribution in [0.5, 0.6) is 5.75 Å². The van der Waals surface area contributed by atoms with Crippen LogP contribution in [-0.2, 0) is 17.8 Å². The number of nitrogens with one attached hydrogen (secondary N) is 2. The van der Waals surface area contributed by atoms with E-state index in [-0.39, 0.29) is 36.2 Å². The van der Waals surface area contributed by atoms with Gasteiger partial charge in [-0.15, -0.1) is 11.3 Å². The molecule has 3 N–H and O–H groups in total. The summed E-state index contributed by atoms with van der Waals surface area (Å²) in [4.78, 5) is 49.8. The molecular formula is C31H34Br2N6O4S. The Bertz CT molecular complexity index is 1500. The Morgan fingerprint density at radius 1 is 1.02 bits per heavy atom. The van der Waals surface area contributed by atoms with Gasteiger partial charge in [0.1, 0.15) is 11.8 Å². The molecule has 232 valence electrons. The van der Waals surface area contributed by atoms with Crippen LogP contribution in [-0.4, -0.2) is 81.0 Å². The zero-order valence-corrected chi connectivity index (χ0v) is 28.0. The molecule has 5 heterocycles. The summed E-state index contributed by atoms with van der Waals surface area (Å²) in [5, 5.41) is 20.2. The molecule has 3 aliphatic heterocycles. The molecule has 2 saturated heterocycles. The van der Waals surface area contributed by atoms with Crippen LogP contribution in [0.2, 0.25) is 0 Å². The van der Waals surface area contributed by atoms with Crippen LogP contribution in [0.1, 0.15) is 48.3 Å². The Morgan fingerprint density at radius 2 is 1.68 bits per heavy atom. The standard InChI is InChI=1S/C31H34Br2N6O4S/c32-24-13-19(14-25(33)28(24)40)15-26(29(41)37-9-3-21(4-10-37)20-1-7-34-8-2-20)35-30(42)38-11-5-23(6-12-38)39-16-22-17-44-18-27(22)36-31(39)43/h1-2,7-8,13-14,17-18,21,23,26,40H,3-6,9-12,15-16H2,(H,35,42)(H,36,43)/t26-/m1/s1. The van der Waals surface area contributed by atoms with Crippen LogP contribution in [0.4, 0.5) is 15.3 Å². The molecule has 44 heavy (non-hydrogen) atoms. The Balaban J connectivity index is 1.11. The molecule has 1 atom stereocenters. The third-order valence-corrected chi connectivity index (χ3v) is 10.9. The Morgan fingerprint density at radius 3 is 2.36 bits per heavy atom. The van der Waals surface area contributed by atoms with Gasteiger partial charge in [-0.3, -0.25) is 9.78 Å². The molecular weight excluding hydrogens is 712 g/mol. The Kier molecular flexibility index (Phi) is 9.43. The van der Waals surface area contributed by atoms with Crippen molar-refractivity contribution in [2.45, 2.75) is 56.7 Å². The van der Waals surface area contributed by atoms with Gasteiger partial charge in [-0.2, -0.15) is 0 Å². The van der Waals surface area contributed by atoms with Crippen LogP contribution in [0.15, 0.2) is 56.4 Å². The summed E-state index contributed by atoms with van der Waals surface area (Å²) in [6.45, 7) is 2.77. The van der Waals surface area contributed by atoms with Crippen molar-refractivity contribution in [1.82, 2.24) is 25.0 Å².